The number of amides is 1. The Hall–Kier alpha value is -3.98. The second-order valence-corrected chi connectivity index (χ2v) is 8.16. The fourth-order valence-electron chi connectivity index (χ4n) is 3.40. The first-order chi connectivity index (χ1) is 15.7. The molecule has 0 radical (unpaired) electrons. The molecule has 0 atom stereocenters. The molecule has 158 valence electrons. The third-order valence-electron chi connectivity index (χ3n) is 4.92. The number of hydrogen-bond donors (Lipinski definition) is 1. The molecule has 0 aliphatic carbocycles. The molecule has 32 heavy (non-hydrogen) atoms. The first kappa shape index (κ1) is 20.0. The number of tetrazole rings is 1. The lowest BCUT2D eigenvalue weighted by atomic mass is 10.1. The van der Waals surface area contributed by atoms with Crippen LogP contribution < -0.4 is 5.32 Å². The molecule has 0 saturated carbocycles. The number of carbonyl (C=O) groups excluding carboxylic acids is 1. The van der Waals surface area contributed by atoms with Gasteiger partial charge in [0.15, 0.2) is 5.82 Å². The quantitative estimate of drug-likeness (QED) is 0.400. The van der Waals surface area contributed by atoms with Crippen LogP contribution in [0.1, 0.15) is 16.1 Å². The molecule has 9 heteroatoms. The van der Waals surface area contributed by atoms with Gasteiger partial charge in [-0.3, -0.25) is 4.79 Å². The summed E-state index contributed by atoms with van der Waals surface area (Å²) >= 11 is 1.59. The Kier molecular flexibility index (Phi) is 5.39. The molecule has 0 fully saturated rings. The van der Waals surface area contributed by atoms with Gasteiger partial charge in [0.2, 0.25) is 0 Å². The van der Waals surface area contributed by atoms with Gasteiger partial charge in [-0.05, 0) is 46.8 Å². The maximum Gasteiger partial charge on any atom is 0.256 e. The highest BCUT2D eigenvalue weighted by Crippen LogP contribution is 2.27. The lowest BCUT2D eigenvalue weighted by Gasteiger charge is -2.10. The Balaban J connectivity index is 1.33. The summed E-state index contributed by atoms with van der Waals surface area (Å²) in [6, 6.07) is 21.0. The van der Waals surface area contributed by atoms with Crippen LogP contribution in [-0.4, -0.2) is 35.5 Å². The number of nitrogens with zero attached hydrogens (tertiary/aromatic N) is 6. The Morgan fingerprint density at radius 2 is 1.94 bits per heavy atom. The molecule has 1 N–H and O–H groups in total. The van der Waals surface area contributed by atoms with E-state index in [-0.39, 0.29) is 5.91 Å². The van der Waals surface area contributed by atoms with Crippen molar-refractivity contribution < 1.29 is 4.79 Å². The Bertz CT molecular complexity index is 1380. The van der Waals surface area contributed by atoms with Crippen LogP contribution in [0.15, 0.2) is 84.0 Å². The van der Waals surface area contributed by atoms with Gasteiger partial charge in [0.05, 0.1) is 11.3 Å². The second kappa shape index (κ2) is 8.64. The van der Waals surface area contributed by atoms with Crippen molar-refractivity contribution in [2.24, 2.45) is 7.05 Å². The minimum atomic E-state index is -0.170. The number of thioether (sulfide) groups is 1. The van der Waals surface area contributed by atoms with Crippen molar-refractivity contribution in [1.29, 1.82) is 0 Å². The smallest absolute Gasteiger partial charge is 0.256 e. The van der Waals surface area contributed by atoms with Gasteiger partial charge in [0.1, 0.15) is 5.65 Å². The van der Waals surface area contributed by atoms with Crippen molar-refractivity contribution >= 4 is 29.0 Å². The molecular weight excluding hydrogens is 422 g/mol. The van der Waals surface area contributed by atoms with E-state index in [0.29, 0.717) is 22.8 Å². The van der Waals surface area contributed by atoms with E-state index in [4.69, 9.17) is 0 Å². The van der Waals surface area contributed by atoms with Gasteiger partial charge >= 0.3 is 0 Å². The van der Waals surface area contributed by atoms with Crippen LogP contribution in [0.25, 0.3) is 17.0 Å². The molecule has 0 bridgehead atoms. The normalized spacial score (nSPS) is 11.0. The average Bonchev–Trinajstić information content (AvgIpc) is 3.43. The van der Waals surface area contributed by atoms with Crippen LogP contribution in [-0.2, 0) is 12.8 Å². The zero-order chi connectivity index (χ0) is 21.9. The standard InChI is InChI=1S/C23H19N7OS/c1-29-22(26-27-28-29)16-7-6-8-17(13-16)25-23(31)19-9-2-3-10-20(19)32-15-18-14-30-12-5-4-11-21(30)24-18/h2-14H,15H2,1H3,(H,25,31). The number of carbonyl (C=O) groups is 1. The number of fused-ring (bicyclic) bond motifs is 1. The highest BCUT2D eigenvalue weighted by molar-refractivity contribution is 7.98. The van der Waals surface area contributed by atoms with Gasteiger partial charge in [-0.1, -0.05) is 30.3 Å². The zero-order valence-corrected chi connectivity index (χ0v) is 18.0. The van der Waals surface area contributed by atoms with Crippen molar-refractivity contribution in [1.82, 2.24) is 29.6 Å². The molecule has 1 amide bonds. The fraction of sp³-hybridized carbons (Fsp3) is 0.0870. The summed E-state index contributed by atoms with van der Waals surface area (Å²) in [5.41, 5.74) is 3.99. The SMILES string of the molecule is Cn1nnnc1-c1cccc(NC(=O)c2ccccc2SCc2cn3ccccc3n2)c1. The number of nitrogens with one attached hydrogen (secondary N) is 1. The molecule has 3 heterocycles. The van der Waals surface area contributed by atoms with E-state index >= 15 is 0 Å². The van der Waals surface area contributed by atoms with E-state index in [1.807, 2.05) is 83.5 Å². The predicted octanol–water partition coefficient (Wildman–Crippen LogP) is 4.07. The first-order valence-corrected chi connectivity index (χ1v) is 10.9. The van der Waals surface area contributed by atoms with Crippen LogP contribution >= 0.6 is 11.8 Å². The summed E-state index contributed by atoms with van der Waals surface area (Å²) in [5.74, 6) is 1.13. The highest BCUT2D eigenvalue weighted by atomic mass is 32.2. The van der Waals surface area contributed by atoms with Crippen molar-refractivity contribution in [3.05, 3.63) is 90.4 Å². The van der Waals surface area contributed by atoms with Crippen LogP contribution in [0, 0.1) is 0 Å². The fourth-order valence-corrected chi connectivity index (χ4v) is 4.33. The van der Waals surface area contributed by atoms with Crippen molar-refractivity contribution in [3.63, 3.8) is 0 Å². The summed E-state index contributed by atoms with van der Waals surface area (Å²) < 4.78 is 3.58. The minimum Gasteiger partial charge on any atom is -0.322 e. The predicted molar refractivity (Wildman–Crippen MR) is 123 cm³/mol. The molecule has 0 unspecified atom stereocenters. The molecule has 8 nitrogen and oxygen atoms in total. The van der Waals surface area contributed by atoms with Gasteiger partial charge in [0, 0.05) is 41.3 Å². The number of imidazole rings is 1. The third kappa shape index (κ3) is 4.10. The summed E-state index contributed by atoms with van der Waals surface area (Å²) in [6.07, 6.45) is 3.99. The second-order valence-electron chi connectivity index (χ2n) is 7.14. The molecule has 0 saturated heterocycles. The van der Waals surface area contributed by atoms with Gasteiger partial charge in [-0.25, -0.2) is 9.67 Å². The van der Waals surface area contributed by atoms with Crippen molar-refractivity contribution in [3.8, 4) is 11.4 Å². The summed E-state index contributed by atoms with van der Waals surface area (Å²) in [7, 11) is 1.77. The first-order valence-electron chi connectivity index (χ1n) is 9.96. The lowest BCUT2D eigenvalue weighted by Crippen LogP contribution is -2.13. The molecule has 0 aliphatic rings. The van der Waals surface area contributed by atoms with E-state index in [0.717, 1.165) is 21.8 Å². The van der Waals surface area contributed by atoms with Crippen molar-refractivity contribution in [2.75, 3.05) is 5.32 Å². The maximum absolute atomic E-state index is 13.1. The number of hydrogen-bond acceptors (Lipinski definition) is 6. The molecular formula is C23H19N7OS. The lowest BCUT2D eigenvalue weighted by molar-refractivity contribution is 0.102. The van der Waals surface area contributed by atoms with E-state index in [2.05, 4.69) is 25.8 Å². The third-order valence-corrected chi connectivity index (χ3v) is 6.03. The van der Waals surface area contributed by atoms with E-state index < -0.39 is 0 Å². The Labute approximate surface area is 188 Å². The van der Waals surface area contributed by atoms with Crippen LogP contribution in [0.5, 0.6) is 0 Å². The molecule has 0 aliphatic heterocycles. The molecule has 3 aromatic heterocycles. The van der Waals surface area contributed by atoms with E-state index in [1.165, 1.54) is 0 Å². The van der Waals surface area contributed by atoms with Gasteiger partial charge < -0.3 is 9.72 Å². The van der Waals surface area contributed by atoms with Crippen LogP contribution in [0.3, 0.4) is 0 Å². The molecule has 0 spiro atoms. The monoisotopic (exact) mass is 441 g/mol. The van der Waals surface area contributed by atoms with Crippen LogP contribution in [0.4, 0.5) is 5.69 Å². The number of aromatic nitrogens is 6. The molecule has 5 rings (SSSR count). The Morgan fingerprint density at radius 3 is 2.78 bits per heavy atom. The van der Waals surface area contributed by atoms with Crippen LogP contribution in [0.2, 0.25) is 0 Å². The summed E-state index contributed by atoms with van der Waals surface area (Å²) in [4.78, 5) is 18.6. The summed E-state index contributed by atoms with van der Waals surface area (Å²) in [5, 5.41) is 14.6. The number of rotatable bonds is 6. The van der Waals surface area contributed by atoms with Gasteiger partial charge in [0.25, 0.3) is 5.91 Å². The van der Waals surface area contributed by atoms with Gasteiger partial charge in [-0.15, -0.1) is 16.9 Å². The van der Waals surface area contributed by atoms with E-state index in [1.54, 1.807) is 23.5 Å². The number of aryl methyl sites for hydroxylation is 1. The van der Waals surface area contributed by atoms with Crippen molar-refractivity contribution in [2.45, 2.75) is 10.6 Å². The average molecular weight is 442 g/mol. The highest BCUT2D eigenvalue weighted by Gasteiger charge is 2.14. The zero-order valence-electron chi connectivity index (χ0n) is 17.2. The Morgan fingerprint density at radius 1 is 1.06 bits per heavy atom. The largest absolute Gasteiger partial charge is 0.322 e. The molecule has 5 aromatic rings. The number of anilines is 1. The maximum atomic E-state index is 13.1. The van der Waals surface area contributed by atoms with E-state index in [9.17, 15) is 4.79 Å². The molecule has 2 aromatic carbocycles. The van der Waals surface area contributed by atoms with Gasteiger partial charge in [-0.2, -0.15) is 0 Å². The number of pyridine rings is 1. The minimum absolute atomic E-state index is 0.170. The summed E-state index contributed by atoms with van der Waals surface area (Å²) in [6.45, 7) is 0. The topological polar surface area (TPSA) is 90.0 Å². The number of benzene rings is 2.